The Morgan fingerprint density at radius 1 is 1.12 bits per heavy atom. The molecule has 0 bridgehead atoms. The van der Waals surface area contributed by atoms with E-state index in [4.69, 9.17) is 0 Å². The van der Waals surface area contributed by atoms with E-state index >= 15 is 0 Å². The van der Waals surface area contributed by atoms with Crippen LogP contribution in [0.5, 0.6) is 0 Å². The van der Waals surface area contributed by atoms with Crippen LogP contribution in [-0.2, 0) is 4.79 Å². The van der Waals surface area contributed by atoms with E-state index in [1.807, 2.05) is 60.9 Å². The standard InChI is InChI=1S/C19H19N3O2S/c1-25-12-11-16(19(23)24)21-18-14-9-5-6-10-15(14)20-17(22-18)13-7-3-2-4-8-13/h2-10,16H,11-12H2,1H3,(H,23,24)(H,20,21,22)/p-1/t16-/m1/s1. The molecule has 3 rings (SSSR count). The molecule has 1 heterocycles. The van der Waals surface area contributed by atoms with Gasteiger partial charge in [0, 0.05) is 10.9 Å². The normalized spacial score (nSPS) is 12.0. The summed E-state index contributed by atoms with van der Waals surface area (Å²) in [7, 11) is 0. The molecule has 6 heteroatoms. The second-order valence-electron chi connectivity index (χ2n) is 5.58. The second-order valence-corrected chi connectivity index (χ2v) is 6.56. The van der Waals surface area contributed by atoms with Crippen molar-refractivity contribution in [3.8, 4) is 11.4 Å². The molecular weight excluding hydrogens is 334 g/mol. The summed E-state index contributed by atoms with van der Waals surface area (Å²) in [6.07, 6.45) is 2.41. The third kappa shape index (κ3) is 4.09. The van der Waals surface area contributed by atoms with Crippen LogP contribution in [0.2, 0.25) is 0 Å². The van der Waals surface area contributed by atoms with E-state index in [1.165, 1.54) is 0 Å². The quantitative estimate of drug-likeness (QED) is 0.704. The van der Waals surface area contributed by atoms with E-state index in [-0.39, 0.29) is 0 Å². The number of hydrogen-bond acceptors (Lipinski definition) is 6. The molecule has 2 aromatic carbocycles. The SMILES string of the molecule is CSCC[C@@H](Nc1nc(-c2ccccc2)nc2ccccc12)C(=O)[O-]. The highest BCUT2D eigenvalue weighted by Gasteiger charge is 2.14. The summed E-state index contributed by atoms with van der Waals surface area (Å²) in [5.74, 6) is 0.668. The molecule has 0 radical (unpaired) electrons. The first-order chi connectivity index (χ1) is 12.2. The number of carbonyl (C=O) groups is 1. The van der Waals surface area contributed by atoms with Crippen LogP contribution >= 0.6 is 11.8 Å². The highest BCUT2D eigenvalue weighted by atomic mass is 32.2. The molecule has 0 aliphatic rings. The monoisotopic (exact) mass is 352 g/mol. The summed E-state index contributed by atoms with van der Waals surface area (Å²) in [5, 5.41) is 15.3. The van der Waals surface area contributed by atoms with E-state index < -0.39 is 12.0 Å². The molecule has 0 spiro atoms. The summed E-state index contributed by atoms with van der Waals surface area (Å²) >= 11 is 1.60. The summed E-state index contributed by atoms with van der Waals surface area (Å²) in [6.45, 7) is 0. The van der Waals surface area contributed by atoms with Gasteiger partial charge in [0.15, 0.2) is 5.82 Å². The second kappa shape index (κ2) is 7.98. The number of hydrogen-bond donors (Lipinski definition) is 1. The van der Waals surface area contributed by atoms with Crippen LogP contribution in [-0.4, -0.2) is 34.0 Å². The maximum absolute atomic E-state index is 11.5. The lowest BCUT2D eigenvalue weighted by Gasteiger charge is -2.21. The van der Waals surface area contributed by atoms with Gasteiger partial charge >= 0.3 is 0 Å². The van der Waals surface area contributed by atoms with E-state index in [9.17, 15) is 9.90 Å². The van der Waals surface area contributed by atoms with Crippen LogP contribution in [0.15, 0.2) is 54.6 Å². The van der Waals surface area contributed by atoms with Gasteiger partial charge in [-0.1, -0.05) is 42.5 Å². The number of carboxylic acids is 1. The number of carboxylic acid groups (broad SMARTS) is 1. The van der Waals surface area contributed by atoms with Gasteiger partial charge in [-0.15, -0.1) is 0 Å². The van der Waals surface area contributed by atoms with Gasteiger partial charge in [-0.2, -0.15) is 11.8 Å². The molecule has 0 fully saturated rings. The van der Waals surface area contributed by atoms with E-state index in [2.05, 4.69) is 15.3 Å². The lowest BCUT2D eigenvalue weighted by molar-refractivity contribution is -0.306. The van der Waals surface area contributed by atoms with Gasteiger partial charge in [-0.25, -0.2) is 9.97 Å². The number of thioether (sulfide) groups is 1. The van der Waals surface area contributed by atoms with Crippen molar-refractivity contribution >= 4 is 34.5 Å². The first-order valence-electron chi connectivity index (χ1n) is 7.97. The van der Waals surface area contributed by atoms with Crippen LogP contribution in [0.25, 0.3) is 22.3 Å². The number of benzene rings is 2. The van der Waals surface area contributed by atoms with Crippen molar-refractivity contribution < 1.29 is 9.90 Å². The fraction of sp³-hybridized carbons (Fsp3) is 0.211. The van der Waals surface area contributed by atoms with Crippen LogP contribution < -0.4 is 10.4 Å². The average molecular weight is 352 g/mol. The van der Waals surface area contributed by atoms with Gasteiger partial charge in [-0.3, -0.25) is 0 Å². The van der Waals surface area contributed by atoms with E-state index in [1.54, 1.807) is 11.8 Å². The van der Waals surface area contributed by atoms with Crippen molar-refractivity contribution in [1.82, 2.24) is 9.97 Å². The number of nitrogens with one attached hydrogen (secondary N) is 1. The van der Waals surface area contributed by atoms with Gasteiger partial charge in [0.25, 0.3) is 0 Å². The predicted octanol–water partition coefficient (Wildman–Crippen LogP) is 2.58. The summed E-state index contributed by atoms with van der Waals surface area (Å²) < 4.78 is 0. The molecule has 0 amide bonds. The van der Waals surface area contributed by atoms with Crippen LogP contribution in [0.4, 0.5) is 5.82 Å². The van der Waals surface area contributed by atoms with E-state index in [0.29, 0.717) is 18.1 Å². The molecule has 1 atom stereocenters. The van der Waals surface area contributed by atoms with Gasteiger partial charge in [0.1, 0.15) is 5.82 Å². The largest absolute Gasteiger partial charge is 0.548 e. The first-order valence-corrected chi connectivity index (χ1v) is 9.37. The molecule has 1 aromatic heterocycles. The maximum Gasteiger partial charge on any atom is 0.162 e. The Morgan fingerprint density at radius 2 is 1.84 bits per heavy atom. The summed E-state index contributed by atoms with van der Waals surface area (Å²) in [4.78, 5) is 20.7. The predicted molar refractivity (Wildman–Crippen MR) is 100 cm³/mol. The molecule has 1 N–H and O–H groups in total. The third-order valence-corrected chi connectivity index (χ3v) is 4.49. The van der Waals surface area contributed by atoms with Gasteiger partial charge < -0.3 is 15.2 Å². The zero-order valence-electron chi connectivity index (χ0n) is 13.8. The average Bonchev–Trinajstić information content (AvgIpc) is 2.65. The summed E-state index contributed by atoms with van der Waals surface area (Å²) in [6, 6.07) is 16.4. The zero-order chi connectivity index (χ0) is 17.6. The Hall–Kier alpha value is -2.60. The molecule has 5 nitrogen and oxygen atoms in total. The molecule has 3 aromatic rings. The molecule has 0 aliphatic heterocycles. The topological polar surface area (TPSA) is 77.9 Å². The lowest BCUT2D eigenvalue weighted by Crippen LogP contribution is -2.41. The number of aliphatic carboxylic acids is 1. The lowest BCUT2D eigenvalue weighted by atomic mass is 10.1. The molecular formula is C19H18N3O2S-. The van der Waals surface area contributed by atoms with Crippen LogP contribution in [0, 0.1) is 0 Å². The molecule has 0 aliphatic carbocycles. The first kappa shape index (κ1) is 17.2. The molecule has 25 heavy (non-hydrogen) atoms. The van der Waals surface area contributed by atoms with Crippen molar-refractivity contribution in [2.75, 3.05) is 17.3 Å². The van der Waals surface area contributed by atoms with Gasteiger partial charge in [0.2, 0.25) is 0 Å². The Balaban J connectivity index is 2.04. The van der Waals surface area contributed by atoms with Crippen molar-refractivity contribution in [1.29, 1.82) is 0 Å². The number of rotatable bonds is 7. The van der Waals surface area contributed by atoms with Crippen molar-refractivity contribution in [2.24, 2.45) is 0 Å². The Bertz CT molecular complexity index is 871. The maximum atomic E-state index is 11.5. The highest BCUT2D eigenvalue weighted by molar-refractivity contribution is 7.98. The fourth-order valence-corrected chi connectivity index (χ4v) is 3.02. The van der Waals surface area contributed by atoms with E-state index in [0.717, 1.165) is 22.2 Å². The Labute approximate surface area is 150 Å². The number of para-hydroxylation sites is 1. The van der Waals surface area contributed by atoms with Crippen LogP contribution in [0.1, 0.15) is 6.42 Å². The smallest absolute Gasteiger partial charge is 0.162 e. The van der Waals surface area contributed by atoms with Gasteiger partial charge in [0.05, 0.1) is 17.5 Å². The number of nitrogens with zero attached hydrogens (tertiary/aromatic N) is 2. The molecule has 0 saturated carbocycles. The van der Waals surface area contributed by atoms with Crippen molar-refractivity contribution in [3.63, 3.8) is 0 Å². The minimum Gasteiger partial charge on any atom is -0.548 e. The van der Waals surface area contributed by atoms with Gasteiger partial charge in [-0.05, 0) is 30.6 Å². The molecule has 0 saturated heterocycles. The minimum atomic E-state index is -1.13. The zero-order valence-corrected chi connectivity index (χ0v) is 14.6. The molecule has 128 valence electrons. The number of fused-ring (bicyclic) bond motifs is 1. The van der Waals surface area contributed by atoms with Crippen molar-refractivity contribution in [3.05, 3.63) is 54.6 Å². The van der Waals surface area contributed by atoms with Crippen LogP contribution in [0.3, 0.4) is 0 Å². The minimum absolute atomic E-state index is 0.461. The number of anilines is 1. The Morgan fingerprint density at radius 3 is 2.56 bits per heavy atom. The molecule has 0 unspecified atom stereocenters. The fourth-order valence-electron chi connectivity index (χ4n) is 2.55. The highest BCUT2D eigenvalue weighted by Crippen LogP contribution is 2.25. The Kier molecular flexibility index (Phi) is 5.50. The number of aromatic nitrogens is 2. The number of carbonyl (C=O) groups excluding carboxylic acids is 1. The summed E-state index contributed by atoms with van der Waals surface area (Å²) in [5.41, 5.74) is 1.64. The third-order valence-electron chi connectivity index (χ3n) is 3.84. The van der Waals surface area contributed by atoms with Crippen molar-refractivity contribution in [2.45, 2.75) is 12.5 Å².